The molecule has 2 aliphatic carbocycles. The normalized spacial score (nSPS) is 18.5. The van der Waals surface area contributed by atoms with Crippen molar-refractivity contribution in [3.63, 3.8) is 0 Å². The maximum atomic E-state index is 12.5. The van der Waals surface area contributed by atoms with Gasteiger partial charge in [0.15, 0.2) is 17.1 Å². The van der Waals surface area contributed by atoms with Crippen LogP contribution in [0.2, 0.25) is 0 Å². The molecule has 6 heterocycles. The number of rotatable bonds is 14. The van der Waals surface area contributed by atoms with E-state index >= 15 is 0 Å². The largest absolute Gasteiger partial charge is 0.457 e. The van der Waals surface area contributed by atoms with Gasteiger partial charge in [-0.1, -0.05) is 71.8 Å². The van der Waals surface area contributed by atoms with Crippen molar-refractivity contribution in [2.75, 3.05) is 63.8 Å². The first-order valence-electron chi connectivity index (χ1n) is 30.4. The third-order valence-corrected chi connectivity index (χ3v) is 16.8. The quantitative estimate of drug-likeness (QED) is 0.0521. The number of ether oxygens (including phenoxy) is 3. The number of ketones is 1. The summed E-state index contributed by atoms with van der Waals surface area (Å²) in [5.41, 5.74) is 19.5. The Kier molecular flexibility index (Phi) is 24.5. The first kappa shape index (κ1) is 69.9. The van der Waals surface area contributed by atoms with Gasteiger partial charge < -0.3 is 35.9 Å². The fraction of sp³-hybridized carbons (Fsp3) is 0.414. The lowest BCUT2D eigenvalue weighted by molar-refractivity contribution is -0.114. The van der Waals surface area contributed by atoms with Crippen LogP contribution in [-0.4, -0.2) is 141 Å². The number of hydrogen-bond donors (Lipinski definition) is 3. The van der Waals surface area contributed by atoms with Gasteiger partial charge in [-0.2, -0.15) is 10.2 Å². The molecular weight excluding hydrogens is 1170 g/mol. The number of nitrogens with one attached hydrogen (secondary N) is 1. The minimum absolute atomic E-state index is 0. The van der Waals surface area contributed by atoms with Crippen LogP contribution in [0.5, 0.6) is 23.0 Å². The molecule has 2 saturated carbocycles. The van der Waals surface area contributed by atoms with Gasteiger partial charge in [-0.3, -0.25) is 19.4 Å². The second-order valence-corrected chi connectivity index (χ2v) is 24.0. The minimum Gasteiger partial charge on any atom is -0.457 e. The van der Waals surface area contributed by atoms with Crippen LogP contribution in [0.1, 0.15) is 118 Å². The van der Waals surface area contributed by atoms with Crippen LogP contribution in [-0.2, 0) is 20.7 Å². The highest BCUT2D eigenvalue weighted by Crippen LogP contribution is 2.41. The Labute approximate surface area is 541 Å². The summed E-state index contributed by atoms with van der Waals surface area (Å²) in [5.74, 6) is 2.97. The molecule has 21 heteroatoms. The molecule has 8 aromatic rings. The molecule has 0 atom stereocenters. The first-order valence-corrected chi connectivity index (χ1v) is 30.7. The number of para-hydroxylation sites is 2. The fourth-order valence-electron chi connectivity index (χ4n) is 12.2. The van der Waals surface area contributed by atoms with E-state index in [0.29, 0.717) is 53.9 Å². The van der Waals surface area contributed by atoms with E-state index in [1.807, 2.05) is 130 Å². The first-order chi connectivity index (χ1) is 42.5. The second-order valence-electron chi connectivity index (χ2n) is 23.7. The van der Waals surface area contributed by atoms with Gasteiger partial charge in [-0.15, -0.1) is 0 Å². The molecule has 5 N–H and O–H groups in total. The number of fused-ring (bicyclic) bond motifs is 2. The number of carbonyl (C=O) groups excluding carboxylic acids is 3. The molecular formula is C70H91ClN14O6. The Morgan fingerprint density at radius 1 is 0.615 bits per heavy atom. The number of benzene rings is 4. The average Bonchev–Trinajstić information content (AvgIpc) is 1.64. The summed E-state index contributed by atoms with van der Waals surface area (Å²) in [6.45, 7) is 22.0. The number of allylic oxidation sites excluding steroid dienone is 2. The molecule has 2 saturated heterocycles. The Balaban J connectivity index is 0.000000234. The van der Waals surface area contributed by atoms with Crippen LogP contribution in [0.25, 0.3) is 44.6 Å². The number of nitrogen functional groups attached to an aromatic ring is 2. The highest BCUT2D eigenvalue weighted by Gasteiger charge is 2.34. The predicted molar refractivity (Wildman–Crippen MR) is 365 cm³/mol. The third-order valence-electron chi connectivity index (χ3n) is 16.7. The van der Waals surface area contributed by atoms with E-state index in [1.165, 1.54) is 12.4 Å². The van der Waals surface area contributed by atoms with E-state index in [2.05, 4.69) is 52.6 Å². The number of piperazine rings is 2. The lowest BCUT2D eigenvalue weighted by Crippen LogP contribution is -2.53. The van der Waals surface area contributed by atoms with Crippen LogP contribution < -0.4 is 26.3 Å². The van der Waals surface area contributed by atoms with E-state index in [0.717, 1.165) is 158 Å². The van der Waals surface area contributed by atoms with Gasteiger partial charge in [0.2, 0.25) is 5.24 Å². The summed E-state index contributed by atoms with van der Waals surface area (Å²) >= 11 is 4.71. The highest BCUT2D eigenvalue weighted by atomic mass is 35.5. The van der Waals surface area contributed by atoms with Crippen molar-refractivity contribution in [1.29, 1.82) is 0 Å². The number of hydrogen-bond acceptors (Lipinski definition) is 17. The van der Waals surface area contributed by atoms with Gasteiger partial charge in [0.1, 0.15) is 58.5 Å². The maximum Gasteiger partial charge on any atom is 0.410 e. The smallest absolute Gasteiger partial charge is 0.410 e. The van der Waals surface area contributed by atoms with Crippen molar-refractivity contribution < 1.29 is 28.6 Å². The van der Waals surface area contributed by atoms with Gasteiger partial charge in [0.25, 0.3) is 0 Å². The van der Waals surface area contributed by atoms with Crippen LogP contribution in [0, 0.1) is 6.92 Å². The van der Waals surface area contributed by atoms with Crippen molar-refractivity contribution >= 4 is 62.3 Å². The fourth-order valence-corrected chi connectivity index (χ4v) is 12.2. The number of nitrogens with two attached hydrogens (primary N) is 2. The van der Waals surface area contributed by atoms with E-state index in [9.17, 15) is 14.4 Å². The SMILES string of the molecule is C.C.C.C=CC(=O)Cc1cc(-c2nn(C3CCC(N4CCNCC4)CC3)c3ncnc(N)c23)ccc1Oc1ccccc1.C=CC(=O)Cl.Cc1ncnc2c1c(-c1ccc(Oc3ccccc3)c(N)c1)nn2C1CCC(N2CCN(C(=O)OC(C)(C)C)CC2)CC1. The molecule has 12 rings (SSSR count). The van der Waals surface area contributed by atoms with Crippen LogP contribution >= 0.6 is 11.6 Å². The molecule has 4 aromatic heterocycles. The van der Waals surface area contributed by atoms with E-state index in [1.54, 1.807) is 6.33 Å². The van der Waals surface area contributed by atoms with Crippen LogP contribution in [0.3, 0.4) is 0 Å². The molecule has 0 spiro atoms. The molecule has 484 valence electrons. The van der Waals surface area contributed by atoms with Crippen molar-refractivity contribution in [1.82, 2.24) is 59.5 Å². The Hall–Kier alpha value is -8.56. The monoisotopic (exact) mass is 1260 g/mol. The number of aromatic nitrogens is 8. The number of amides is 1. The lowest BCUT2D eigenvalue weighted by Gasteiger charge is -2.42. The number of nitrogens with zero attached hydrogens (tertiary/aromatic N) is 11. The molecule has 2 aliphatic heterocycles. The number of carbonyl (C=O) groups is 3. The van der Waals surface area contributed by atoms with Gasteiger partial charge in [0, 0.05) is 87.6 Å². The van der Waals surface area contributed by atoms with Crippen LogP contribution in [0.4, 0.5) is 16.3 Å². The van der Waals surface area contributed by atoms with E-state index in [-0.39, 0.29) is 52.7 Å². The summed E-state index contributed by atoms with van der Waals surface area (Å²) < 4.78 is 21.9. The summed E-state index contributed by atoms with van der Waals surface area (Å²) in [6.07, 6.45) is 14.0. The van der Waals surface area contributed by atoms with Crippen LogP contribution in [0.15, 0.2) is 135 Å². The molecule has 0 bridgehead atoms. The molecule has 4 fully saturated rings. The van der Waals surface area contributed by atoms with Gasteiger partial charge in [-0.05, 0) is 163 Å². The number of aryl methyl sites for hydroxylation is 1. The zero-order valence-electron chi connectivity index (χ0n) is 50.7. The van der Waals surface area contributed by atoms with Gasteiger partial charge >= 0.3 is 6.09 Å². The van der Waals surface area contributed by atoms with Crippen molar-refractivity contribution in [3.05, 3.63) is 146 Å². The van der Waals surface area contributed by atoms with Gasteiger partial charge in [0.05, 0.1) is 34.2 Å². The average molecular weight is 1260 g/mol. The predicted octanol–water partition coefficient (Wildman–Crippen LogP) is 13.6. The molecule has 20 nitrogen and oxygen atoms in total. The minimum atomic E-state index is -0.509. The summed E-state index contributed by atoms with van der Waals surface area (Å²) in [4.78, 5) is 59.5. The van der Waals surface area contributed by atoms with Crippen molar-refractivity contribution in [2.45, 2.75) is 138 Å². The molecule has 1 amide bonds. The summed E-state index contributed by atoms with van der Waals surface area (Å²) in [7, 11) is 0. The molecule has 4 aliphatic rings. The zero-order valence-corrected chi connectivity index (χ0v) is 51.4. The second kappa shape index (κ2) is 31.9. The number of anilines is 2. The lowest BCUT2D eigenvalue weighted by atomic mass is 9.90. The molecule has 0 radical (unpaired) electrons. The van der Waals surface area contributed by atoms with E-state index in [4.69, 9.17) is 52.5 Å². The number of halogens is 1. The summed E-state index contributed by atoms with van der Waals surface area (Å²) in [6, 6.07) is 32.4. The van der Waals surface area contributed by atoms with Gasteiger partial charge in [-0.25, -0.2) is 34.1 Å². The molecule has 0 unspecified atom stereocenters. The maximum absolute atomic E-state index is 12.5. The topological polar surface area (TPSA) is 240 Å². The standard InChI is InChI=1S/C33H41N7O3.C31H35N7O2.C3H3ClO.3CH4/c1-22-29-30(23-10-15-28(27(34)20-23)42-26-8-6-5-7-9-26)37-40(31(29)36-21-35-22)25-13-11-24(12-14-25)38-16-18-39(19-17-38)32(41)43-33(2,3)4;1-2-25(39)19-22-18-21(8-13-27(22)40-26-6-4-3-5-7-26)29-28-30(32)34-20-35-31(28)38(36-29)24-11-9-23(10-12-24)37-16-14-33-15-17-37;1-2-3(4)5;;;/h5-10,15,20-21,24-25H,11-14,16-19,34H2,1-4H3;2-8,13,18,20,23-24,33H,1,9-12,14-17,19H2,(H2,32,34,35);2H,1H2;3*1H4. The Morgan fingerprint density at radius 3 is 1.60 bits per heavy atom. The molecule has 4 aromatic carbocycles. The van der Waals surface area contributed by atoms with Crippen molar-refractivity contribution in [3.8, 4) is 45.5 Å². The third kappa shape index (κ3) is 17.3. The Morgan fingerprint density at radius 2 is 1.09 bits per heavy atom. The Bertz CT molecular complexity index is 3730. The molecule has 91 heavy (non-hydrogen) atoms. The van der Waals surface area contributed by atoms with E-state index < -0.39 is 10.8 Å². The zero-order chi connectivity index (χ0) is 61.9. The highest BCUT2D eigenvalue weighted by molar-refractivity contribution is 6.66. The summed E-state index contributed by atoms with van der Waals surface area (Å²) in [5, 5.41) is 14.9. The van der Waals surface area contributed by atoms with Crippen molar-refractivity contribution in [2.24, 2.45) is 0 Å².